The average molecular weight is 401 g/mol. The molecule has 0 aliphatic carbocycles. The Bertz CT molecular complexity index is 823. The molecule has 0 saturated carbocycles. The van der Waals surface area contributed by atoms with Crippen LogP contribution in [-0.2, 0) is 14.3 Å². The quantitative estimate of drug-likeness (QED) is 0.582. The number of rotatable bonds is 5. The highest BCUT2D eigenvalue weighted by atomic mass is 16.6. The SMILES string of the molecule is C#CCNC(=O)CC(=O)N1CC[C@H](NC(=O)OC(C)(C)C)c2cc(OC)ccc21. The molecule has 3 amide bonds. The van der Waals surface area contributed by atoms with Crippen LogP contribution in [0.2, 0.25) is 0 Å². The first-order valence-corrected chi connectivity index (χ1v) is 9.32. The number of benzene rings is 1. The first-order chi connectivity index (χ1) is 13.6. The molecule has 0 bridgehead atoms. The second-order valence-electron chi connectivity index (χ2n) is 7.62. The predicted molar refractivity (Wildman–Crippen MR) is 109 cm³/mol. The minimum absolute atomic E-state index is 0.0712. The van der Waals surface area contributed by atoms with E-state index < -0.39 is 17.6 Å². The van der Waals surface area contributed by atoms with Gasteiger partial charge in [-0.1, -0.05) is 5.92 Å². The normalized spacial score (nSPS) is 15.6. The maximum atomic E-state index is 12.7. The lowest BCUT2D eigenvalue weighted by Gasteiger charge is -2.35. The van der Waals surface area contributed by atoms with Gasteiger partial charge in [0.15, 0.2) is 0 Å². The monoisotopic (exact) mass is 401 g/mol. The summed E-state index contributed by atoms with van der Waals surface area (Å²) in [5, 5.41) is 5.34. The van der Waals surface area contributed by atoms with E-state index in [0.717, 1.165) is 5.56 Å². The van der Waals surface area contributed by atoms with E-state index in [1.165, 1.54) is 4.90 Å². The van der Waals surface area contributed by atoms with E-state index in [1.54, 1.807) is 46.1 Å². The van der Waals surface area contributed by atoms with Crippen molar-refractivity contribution < 1.29 is 23.9 Å². The van der Waals surface area contributed by atoms with Gasteiger partial charge in [-0.05, 0) is 45.4 Å². The number of methoxy groups -OCH3 is 1. The smallest absolute Gasteiger partial charge is 0.408 e. The fourth-order valence-corrected chi connectivity index (χ4v) is 3.02. The third-order valence-corrected chi connectivity index (χ3v) is 4.23. The minimum Gasteiger partial charge on any atom is -0.497 e. The summed E-state index contributed by atoms with van der Waals surface area (Å²) in [6, 6.07) is 4.89. The Morgan fingerprint density at radius 2 is 2.03 bits per heavy atom. The number of hydrogen-bond acceptors (Lipinski definition) is 5. The van der Waals surface area contributed by atoms with Crippen LogP contribution in [0, 0.1) is 12.3 Å². The summed E-state index contributed by atoms with van der Waals surface area (Å²) < 4.78 is 10.6. The van der Waals surface area contributed by atoms with Crippen molar-refractivity contribution in [1.29, 1.82) is 0 Å². The predicted octanol–water partition coefficient (Wildman–Crippen LogP) is 2.14. The first-order valence-electron chi connectivity index (χ1n) is 9.32. The van der Waals surface area contributed by atoms with Gasteiger partial charge in [0.2, 0.25) is 11.8 Å². The van der Waals surface area contributed by atoms with Gasteiger partial charge in [0, 0.05) is 17.8 Å². The number of alkyl carbamates (subject to hydrolysis) is 1. The molecule has 1 atom stereocenters. The van der Waals surface area contributed by atoms with E-state index in [-0.39, 0.29) is 24.9 Å². The van der Waals surface area contributed by atoms with Gasteiger partial charge in [-0.25, -0.2) is 4.79 Å². The highest BCUT2D eigenvalue weighted by Gasteiger charge is 2.31. The fourth-order valence-electron chi connectivity index (χ4n) is 3.02. The van der Waals surface area contributed by atoms with E-state index >= 15 is 0 Å². The van der Waals surface area contributed by atoms with Crippen LogP contribution < -0.4 is 20.3 Å². The Morgan fingerprint density at radius 3 is 2.66 bits per heavy atom. The van der Waals surface area contributed by atoms with Crippen LogP contribution in [0.1, 0.15) is 45.2 Å². The Labute approximate surface area is 170 Å². The highest BCUT2D eigenvalue weighted by molar-refractivity contribution is 6.05. The first kappa shape index (κ1) is 22.1. The van der Waals surface area contributed by atoms with Crippen LogP contribution >= 0.6 is 0 Å². The molecule has 29 heavy (non-hydrogen) atoms. The molecule has 0 radical (unpaired) electrons. The van der Waals surface area contributed by atoms with E-state index in [2.05, 4.69) is 16.6 Å². The summed E-state index contributed by atoms with van der Waals surface area (Å²) in [6.45, 7) is 5.78. The second kappa shape index (κ2) is 9.32. The number of carbonyl (C=O) groups is 3. The van der Waals surface area contributed by atoms with Crippen LogP contribution in [0.25, 0.3) is 0 Å². The number of amides is 3. The highest BCUT2D eigenvalue weighted by Crippen LogP contribution is 2.36. The molecule has 1 aromatic carbocycles. The molecule has 8 heteroatoms. The number of terminal acetylenes is 1. The van der Waals surface area contributed by atoms with E-state index in [0.29, 0.717) is 24.4 Å². The lowest BCUT2D eigenvalue weighted by atomic mass is 9.95. The standard InChI is InChI=1S/C21H27N3O5/c1-6-10-22-18(25)13-19(26)24-11-9-16(23-20(27)29-21(2,3)4)15-12-14(28-5)7-8-17(15)24/h1,7-8,12,16H,9-11,13H2,2-5H3,(H,22,25)(H,23,27)/t16-/m0/s1. The van der Waals surface area contributed by atoms with Gasteiger partial charge in [0.1, 0.15) is 17.8 Å². The molecule has 0 unspecified atom stereocenters. The molecule has 0 aromatic heterocycles. The van der Waals surface area contributed by atoms with Crippen LogP contribution in [0.3, 0.4) is 0 Å². The van der Waals surface area contributed by atoms with Crippen LogP contribution in [0.15, 0.2) is 18.2 Å². The van der Waals surface area contributed by atoms with Gasteiger partial charge in [0.25, 0.3) is 0 Å². The number of ether oxygens (including phenoxy) is 2. The Morgan fingerprint density at radius 1 is 1.31 bits per heavy atom. The van der Waals surface area contributed by atoms with Gasteiger partial charge in [0.05, 0.1) is 19.7 Å². The minimum atomic E-state index is -0.621. The van der Waals surface area contributed by atoms with Crippen molar-refractivity contribution in [2.75, 3.05) is 25.1 Å². The molecule has 2 N–H and O–H groups in total. The number of hydrogen-bond donors (Lipinski definition) is 2. The number of nitrogens with zero attached hydrogens (tertiary/aromatic N) is 1. The van der Waals surface area contributed by atoms with Crippen molar-refractivity contribution in [2.24, 2.45) is 0 Å². The molecule has 1 aliphatic rings. The van der Waals surface area contributed by atoms with Gasteiger partial charge in [-0.3, -0.25) is 9.59 Å². The summed E-state index contributed by atoms with van der Waals surface area (Å²) in [7, 11) is 1.54. The van der Waals surface area contributed by atoms with Gasteiger partial charge in [-0.2, -0.15) is 0 Å². The molecule has 0 saturated heterocycles. The zero-order valence-electron chi connectivity index (χ0n) is 17.2. The van der Waals surface area contributed by atoms with Gasteiger partial charge >= 0.3 is 6.09 Å². The lowest BCUT2D eigenvalue weighted by molar-refractivity contribution is -0.127. The third-order valence-electron chi connectivity index (χ3n) is 4.23. The number of nitrogens with one attached hydrogen (secondary N) is 2. The third kappa shape index (κ3) is 6.14. The molecule has 2 rings (SSSR count). The van der Waals surface area contributed by atoms with Crippen molar-refractivity contribution in [1.82, 2.24) is 10.6 Å². The number of anilines is 1. The van der Waals surface area contributed by atoms with E-state index in [4.69, 9.17) is 15.9 Å². The summed E-state index contributed by atoms with van der Waals surface area (Å²) in [5.74, 6) is 2.12. The number of carbonyl (C=O) groups excluding carboxylic acids is 3. The van der Waals surface area contributed by atoms with Crippen LogP contribution in [0.5, 0.6) is 5.75 Å². The van der Waals surface area contributed by atoms with E-state index in [1.807, 2.05) is 0 Å². The van der Waals surface area contributed by atoms with Crippen molar-refractivity contribution in [3.63, 3.8) is 0 Å². The fraction of sp³-hybridized carbons (Fsp3) is 0.476. The van der Waals surface area contributed by atoms with Gasteiger partial charge in [-0.15, -0.1) is 6.42 Å². The number of fused-ring (bicyclic) bond motifs is 1. The molecule has 156 valence electrons. The Balaban J connectivity index is 2.22. The molecule has 1 heterocycles. The lowest BCUT2D eigenvalue weighted by Crippen LogP contribution is -2.43. The van der Waals surface area contributed by atoms with Crippen molar-refractivity contribution in [2.45, 2.75) is 45.3 Å². The van der Waals surface area contributed by atoms with Crippen molar-refractivity contribution in [3.05, 3.63) is 23.8 Å². The molecule has 1 aromatic rings. The second-order valence-corrected chi connectivity index (χ2v) is 7.62. The summed E-state index contributed by atoms with van der Waals surface area (Å²) in [6.07, 6.45) is 4.74. The van der Waals surface area contributed by atoms with Crippen molar-refractivity contribution >= 4 is 23.6 Å². The largest absolute Gasteiger partial charge is 0.497 e. The maximum Gasteiger partial charge on any atom is 0.408 e. The zero-order chi connectivity index (χ0) is 21.6. The molecule has 0 fully saturated rings. The Hall–Kier alpha value is -3.21. The van der Waals surface area contributed by atoms with Crippen LogP contribution in [-0.4, -0.2) is 43.7 Å². The molecular formula is C21H27N3O5. The van der Waals surface area contributed by atoms with Crippen LogP contribution in [0.4, 0.5) is 10.5 Å². The maximum absolute atomic E-state index is 12.7. The summed E-state index contributed by atoms with van der Waals surface area (Å²) >= 11 is 0. The molecule has 1 aliphatic heterocycles. The average Bonchev–Trinajstić information content (AvgIpc) is 2.64. The molecule has 0 spiro atoms. The summed E-state index contributed by atoms with van der Waals surface area (Å²) in [5.41, 5.74) is 0.718. The van der Waals surface area contributed by atoms with Crippen molar-refractivity contribution in [3.8, 4) is 18.1 Å². The van der Waals surface area contributed by atoms with E-state index in [9.17, 15) is 14.4 Å². The summed E-state index contributed by atoms with van der Waals surface area (Å²) in [4.78, 5) is 38.3. The zero-order valence-corrected chi connectivity index (χ0v) is 17.2. The topological polar surface area (TPSA) is 97.0 Å². The molecule has 8 nitrogen and oxygen atoms in total. The molecular weight excluding hydrogens is 374 g/mol. The Kier molecular flexibility index (Phi) is 7.10. The van der Waals surface area contributed by atoms with Gasteiger partial charge < -0.3 is 25.0 Å².